The molecule has 0 radical (unpaired) electrons. The summed E-state index contributed by atoms with van der Waals surface area (Å²) in [5, 5.41) is 1.77. The minimum absolute atomic E-state index is 0.791. The largest absolute Gasteiger partial charge is 0.150 e. The van der Waals surface area contributed by atoms with E-state index in [-0.39, 0.29) is 0 Å². The Bertz CT molecular complexity index is 305. The molecule has 1 aromatic rings. The van der Waals surface area contributed by atoms with Gasteiger partial charge in [0.15, 0.2) is 0 Å². The summed E-state index contributed by atoms with van der Waals surface area (Å²) >= 11 is 2.25. The average Bonchev–Trinajstić information content (AvgIpc) is 2.74. The molecule has 2 aliphatic rings. The zero-order valence-electron chi connectivity index (χ0n) is 9.06. The molecule has 0 N–H and O–H groups in total. The summed E-state index contributed by atoms with van der Waals surface area (Å²) in [6.45, 7) is 0. The maximum Gasteiger partial charge on any atom is 0.0303 e. The van der Waals surface area contributed by atoms with Crippen LogP contribution in [0, 0.1) is 5.92 Å². The fourth-order valence-electron chi connectivity index (χ4n) is 3.05. The zero-order chi connectivity index (χ0) is 10.1. The number of hydrogen-bond acceptors (Lipinski definition) is 1. The molecular formula is C14H18S. The highest BCUT2D eigenvalue weighted by molar-refractivity contribution is 8.00. The summed E-state index contributed by atoms with van der Waals surface area (Å²) in [5.41, 5.74) is 1.55. The van der Waals surface area contributed by atoms with Crippen molar-refractivity contribution >= 4 is 11.8 Å². The predicted molar refractivity (Wildman–Crippen MR) is 67.1 cm³/mol. The lowest BCUT2D eigenvalue weighted by atomic mass is 9.85. The van der Waals surface area contributed by atoms with Gasteiger partial charge in [0, 0.05) is 10.5 Å². The summed E-state index contributed by atoms with van der Waals surface area (Å²) < 4.78 is 0. The monoisotopic (exact) mass is 218 g/mol. The summed E-state index contributed by atoms with van der Waals surface area (Å²) in [5.74, 6) is 1.02. The molecule has 15 heavy (non-hydrogen) atoms. The summed E-state index contributed by atoms with van der Waals surface area (Å²) in [6, 6.07) is 11.1. The Morgan fingerprint density at radius 2 is 1.80 bits per heavy atom. The van der Waals surface area contributed by atoms with Crippen molar-refractivity contribution in [3.63, 3.8) is 0 Å². The highest BCUT2D eigenvalue weighted by Gasteiger charge is 2.36. The summed E-state index contributed by atoms with van der Waals surface area (Å²) in [6.07, 6.45) is 7.33. The average molecular weight is 218 g/mol. The Morgan fingerprint density at radius 3 is 2.60 bits per heavy atom. The third-order valence-corrected chi connectivity index (χ3v) is 5.63. The molecule has 3 atom stereocenters. The van der Waals surface area contributed by atoms with E-state index in [1.807, 2.05) is 0 Å². The molecule has 1 heterocycles. The minimum Gasteiger partial charge on any atom is -0.150 e. The highest BCUT2D eigenvalue weighted by atomic mass is 32.2. The maximum absolute atomic E-state index is 2.30. The van der Waals surface area contributed by atoms with Crippen LogP contribution in [0.25, 0.3) is 0 Å². The van der Waals surface area contributed by atoms with Gasteiger partial charge >= 0.3 is 0 Å². The minimum atomic E-state index is 0.791. The molecule has 1 saturated carbocycles. The maximum atomic E-state index is 2.30. The second-order valence-corrected chi connectivity index (χ2v) is 6.30. The molecule has 0 aromatic heterocycles. The molecule has 1 heteroatoms. The van der Waals surface area contributed by atoms with Crippen LogP contribution in [-0.2, 0) is 0 Å². The lowest BCUT2D eigenvalue weighted by Gasteiger charge is -2.23. The Hall–Kier alpha value is -0.430. The second kappa shape index (κ2) is 4.21. The predicted octanol–water partition coefficient (Wildman–Crippen LogP) is 4.42. The zero-order valence-corrected chi connectivity index (χ0v) is 9.88. The Kier molecular flexibility index (Phi) is 2.74. The molecule has 80 valence electrons. The highest BCUT2D eigenvalue weighted by Crippen LogP contribution is 2.52. The lowest BCUT2D eigenvalue weighted by Crippen LogP contribution is -2.15. The number of rotatable bonds is 1. The van der Waals surface area contributed by atoms with E-state index in [1.165, 1.54) is 32.1 Å². The van der Waals surface area contributed by atoms with E-state index < -0.39 is 0 Å². The molecular weight excluding hydrogens is 200 g/mol. The van der Waals surface area contributed by atoms with Gasteiger partial charge in [0.2, 0.25) is 0 Å². The molecule has 0 amide bonds. The Morgan fingerprint density at radius 1 is 1.00 bits per heavy atom. The van der Waals surface area contributed by atoms with Crippen LogP contribution in [0.4, 0.5) is 0 Å². The van der Waals surface area contributed by atoms with E-state index in [1.54, 1.807) is 5.56 Å². The van der Waals surface area contributed by atoms with E-state index in [4.69, 9.17) is 0 Å². The first kappa shape index (κ1) is 9.77. The third-order valence-electron chi connectivity index (χ3n) is 3.87. The molecule has 1 aliphatic carbocycles. The second-order valence-electron chi connectivity index (χ2n) is 4.85. The fraction of sp³-hybridized carbons (Fsp3) is 0.571. The lowest BCUT2D eigenvalue weighted by molar-refractivity contribution is 0.368. The van der Waals surface area contributed by atoms with Gasteiger partial charge in [-0.05, 0) is 30.7 Å². The molecule has 0 nitrogen and oxygen atoms in total. The van der Waals surface area contributed by atoms with Crippen LogP contribution in [0.1, 0.15) is 42.9 Å². The summed E-state index contributed by atoms with van der Waals surface area (Å²) in [4.78, 5) is 0. The van der Waals surface area contributed by atoms with Crippen molar-refractivity contribution in [2.24, 2.45) is 5.92 Å². The van der Waals surface area contributed by atoms with E-state index in [2.05, 4.69) is 42.1 Å². The Balaban J connectivity index is 1.75. The van der Waals surface area contributed by atoms with Crippen LogP contribution in [0.15, 0.2) is 30.3 Å². The van der Waals surface area contributed by atoms with Crippen LogP contribution in [-0.4, -0.2) is 5.25 Å². The first-order valence-electron chi connectivity index (χ1n) is 6.14. The van der Waals surface area contributed by atoms with Gasteiger partial charge in [0.05, 0.1) is 0 Å². The SMILES string of the molecule is c1ccc(C2CC3CCCCC3S2)cc1. The molecule has 0 bridgehead atoms. The molecule has 1 saturated heterocycles. The molecule has 3 rings (SSSR count). The van der Waals surface area contributed by atoms with Gasteiger partial charge in [0.25, 0.3) is 0 Å². The van der Waals surface area contributed by atoms with Crippen molar-refractivity contribution in [3.8, 4) is 0 Å². The molecule has 1 aromatic carbocycles. The van der Waals surface area contributed by atoms with E-state index >= 15 is 0 Å². The van der Waals surface area contributed by atoms with Crippen LogP contribution in [0.3, 0.4) is 0 Å². The number of hydrogen-bond donors (Lipinski definition) is 0. The van der Waals surface area contributed by atoms with Crippen molar-refractivity contribution in [2.75, 3.05) is 0 Å². The van der Waals surface area contributed by atoms with Crippen molar-refractivity contribution in [1.82, 2.24) is 0 Å². The smallest absolute Gasteiger partial charge is 0.0303 e. The third kappa shape index (κ3) is 1.94. The van der Waals surface area contributed by atoms with Gasteiger partial charge in [-0.25, -0.2) is 0 Å². The molecule has 3 unspecified atom stereocenters. The van der Waals surface area contributed by atoms with E-state index in [0.717, 1.165) is 16.4 Å². The van der Waals surface area contributed by atoms with Gasteiger partial charge in [-0.15, -0.1) is 0 Å². The van der Waals surface area contributed by atoms with Crippen LogP contribution >= 0.6 is 11.8 Å². The van der Waals surface area contributed by atoms with Crippen molar-refractivity contribution in [1.29, 1.82) is 0 Å². The Labute approximate surface area is 96.5 Å². The standard InChI is InChI=1S/C14H18S/c1-2-6-11(7-3-1)14-10-12-8-4-5-9-13(12)15-14/h1-3,6-7,12-14H,4-5,8-10H2. The molecule has 0 spiro atoms. The first-order chi connectivity index (χ1) is 7.43. The number of fused-ring (bicyclic) bond motifs is 1. The van der Waals surface area contributed by atoms with Gasteiger partial charge in [0.1, 0.15) is 0 Å². The van der Waals surface area contributed by atoms with Crippen molar-refractivity contribution < 1.29 is 0 Å². The molecule has 1 aliphatic heterocycles. The number of thioether (sulfide) groups is 1. The quantitative estimate of drug-likeness (QED) is 0.672. The van der Waals surface area contributed by atoms with Crippen LogP contribution < -0.4 is 0 Å². The van der Waals surface area contributed by atoms with Crippen LogP contribution in [0.5, 0.6) is 0 Å². The van der Waals surface area contributed by atoms with E-state index in [0.29, 0.717) is 0 Å². The van der Waals surface area contributed by atoms with Gasteiger partial charge < -0.3 is 0 Å². The van der Waals surface area contributed by atoms with Gasteiger partial charge in [-0.2, -0.15) is 11.8 Å². The van der Waals surface area contributed by atoms with Gasteiger partial charge in [-0.1, -0.05) is 43.2 Å². The van der Waals surface area contributed by atoms with E-state index in [9.17, 15) is 0 Å². The van der Waals surface area contributed by atoms with Crippen molar-refractivity contribution in [2.45, 2.75) is 42.6 Å². The van der Waals surface area contributed by atoms with Crippen molar-refractivity contribution in [3.05, 3.63) is 35.9 Å². The summed E-state index contributed by atoms with van der Waals surface area (Å²) in [7, 11) is 0. The molecule has 2 fully saturated rings. The van der Waals surface area contributed by atoms with Crippen LogP contribution in [0.2, 0.25) is 0 Å². The topological polar surface area (TPSA) is 0 Å². The first-order valence-corrected chi connectivity index (χ1v) is 7.08. The number of benzene rings is 1. The normalized spacial score (nSPS) is 35.1. The fourth-order valence-corrected chi connectivity index (χ4v) is 4.91. The van der Waals surface area contributed by atoms with Gasteiger partial charge in [-0.3, -0.25) is 0 Å².